The maximum atomic E-state index is 13.1. The molecule has 3 unspecified atom stereocenters. The van der Waals surface area contributed by atoms with E-state index in [1.807, 2.05) is 44.2 Å². The van der Waals surface area contributed by atoms with Gasteiger partial charge in [-0.25, -0.2) is 9.78 Å². The number of amides is 4. The molecule has 1 saturated carbocycles. The predicted octanol–water partition coefficient (Wildman–Crippen LogP) is 3.14. The van der Waals surface area contributed by atoms with Crippen molar-refractivity contribution in [2.24, 2.45) is 5.92 Å². The smallest absolute Gasteiger partial charge is 0.325 e. The van der Waals surface area contributed by atoms with Crippen molar-refractivity contribution in [3.8, 4) is 11.3 Å². The second kappa shape index (κ2) is 8.53. The Morgan fingerprint density at radius 3 is 2.77 bits per heavy atom. The molecule has 8 nitrogen and oxygen atoms in total. The molecule has 1 saturated heterocycles. The number of imide groups is 1. The van der Waals surface area contributed by atoms with Crippen LogP contribution in [0.25, 0.3) is 11.3 Å². The van der Waals surface area contributed by atoms with Gasteiger partial charge in [0.2, 0.25) is 5.91 Å². The van der Waals surface area contributed by atoms with Crippen molar-refractivity contribution in [2.45, 2.75) is 57.5 Å². The molecule has 3 N–H and O–H groups in total. The van der Waals surface area contributed by atoms with Gasteiger partial charge in [-0.15, -0.1) is 0 Å². The fourth-order valence-corrected chi connectivity index (χ4v) is 4.66. The quantitative estimate of drug-likeness (QED) is 0.621. The number of benzene rings is 1. The number of aromatic amines is 1. The minimum atomic E-state index is -0.856. The Labute approximate surface area is 181 Å². The van der Waals surface area contributed by atoms with Crippen LogP contribution in [0.5, 0.6) is 0 Å². The van der Waals surface area contributed by atoms with Crippen LogP contribution in [-0.2, 0) is 9.59 Å². The van der Waals surface area contributed by atoms with Gasteiger partial charge in [-0.3, -0.25) is 14.5 Å². The molecule has 2 aliphatic rings. The van der Waals surface area contributed by atoms with Crippen LogP contribution in [0.4, 0.5) is 4.79 Å². The number of nitrogens with zero attached hydrogens (tertiary/aromatic N) is 2. The summed E-state index contributed by atoms with van der Waals surface area (Å²) in [6.07, 6.45) is 5.84. The van der Waals surface area contributed by atoms with Crippen LogP contribution in [0.15, 0.2) is 36.5 Å². The lowest BCUT2D eigenvalue weighted by Gasteiger charge is -2.36. The first-order chi connectivity index (χ1) is 14.9. The number of urea groups is 1. The second-order valence-electron chi connectivity index (χ2n) is 8.52. The summed E-state index contributed by atoms with van der Waals surface area (Å²) < 4.78 is 0. The van der Waals surface area contributed by atoms with Crippen LogP contribution in [0.3, 0.4) is 0 Å². The zero-order chi connectivity index (χ0) is 22.0. The Balaban J connectivity index is 1.42. The van der Waals surface area contributed by atoms with E-state index in [1.54, 1.807) is 6.20 Å². The number of hydrogen-bond donors (Lipinski definition) is 3. The number of aromatic nitrogens is 2. The van der Waals surface area contributed by atoms with Gasteiger partial charge in [0.25, 0.3) is 5.91 Å². The summed E-state index contributed by atoms with van der Waals surface area (Å²) in [4.78, 5) is 47.1. The molecule has 2 heterocycles. The molecule has 164 valence electrons. The highest BCUT2D eigenvalue weighted by Crippen LogP contribution is 2.38. The number of imidazole rings is 1. The first kappa shape index (κ1) is 21.1. The van der Waals surface area contributed by atoms with Crippen LogP contribution in [0.1, 0.15) is 57.8 Å². The largest absolute Gasteiger partial charge is 0.345 e. The van der Waals surface area contributed by atoms with E-state index in [0.717, 1.165) is 35.4 Å². The Morgan fingerprint density at radius 1 is 1.29 bits per heavy atom. The number of nitrogens with one attached hydrogen (secondary N) is 3. The van der Waals surface area contributed by atoms with Crippen molar-refractivity contribution in [1.29, 1.82) is 0 Å². The Hall–Kier alpha value is -3.16. The van der Waals surface area contributed by atoms with Crippen LogP contribution in [-0.4, -0.2) is 44.8 Å². The summed E-state index contributed by atoms with van der Waals surface area (Å²) in [5, 5.41) is 5.80. The van der Waals surface area contributed by atoms with E-state index in [9.17, 15) is 14.4 Å². The average molecular weight is 424 g/mol. The number of hydrogen-bond acceptors (Lipinski definition) is 4. The maximum absolute atomic E-state index is 13.1. The molecule has 1 aromatic carbocycles. The molecule has 1 aliphatic carbocycles. The zero-order valence-corrected chi connectivity index (χ0v) is 18.0. The van der Waals surface area contributed by atoms with E-state index in [0.29, 0.717) is 18.7 Å². The predicted molar refractivity (Wildman–Crippen MR) is 116 cm³/mol. The van der Waals surface area contributed by atoms with Gasteiger partial charge in [-0.2, -0.15) is 0 Å². The van der Waals surface area contributed by atoms with Gasteiger partial charge in [0.15, 0.2) is 0 Å². The first-order valence-electron chi connectivity index (χ1n) is 11.0. The molecule has 4 amide bonds. The highest BCUT2D eigenvalue weighted by Gasteiger charge is 2.55. The fourth-order valence-electron chi connectivity index (χ4n) is 4.66. The Bertz CT molecular complexity index is 973. The third-order valence-corrected chi connectivity index (χ3v) is 6.56. The van der Waals surface area contributed by atoms with Gasteiger partial charge in [0.05, 0.1) is 17.9 Å². The van der Waals surface area contributed by atoms with Gasteiger partial charge in [0, 0.05) is 0 Å². The summed E-state index contributed by atoms with van der Waals surface area (Å²) >= 11 is 0. The van der Waals surface area contributed by atoms with Gasteiger partial charge < -0.3 is 15.6 Å². The lowest BCUT2D eigenvalue weighted by molar-refractivity contribution is -0.137. The van der Waals surface area contributed by atoms with Gasteiger partial charge in [-0.05, 0) is 30.7 Å². The van der Waals surface area contributed by atoms with Crippen molar-refractivity contribution in [2.75, 3.05) is 6.54 Å². The minimum Gasteiger partial charge on any atom is -0.345 e. The van der Waals surface area contributed by atoms with Crippen LogP contribution >= 0.6 is 0 Å². The fraction of sp³-hybridized carbons (Fsp3) is 0.478. The zero-order valence-electron chi connectivity index (χ0n) is 18.0. The number of H-pyrrole nitrogens is 1. The standard InChI is InChI=1S/C23H29N5O3/c1-3-17(20-24-13-18(26-20)16-10-5-4-6-11-16)25-19(29)14-28-21(30)23(27-22(28)31)12-8-7-9-15(23)2/h4-6,10-11,13,15,17H,3,7-9,12,14H2,1-2H3,(H,24,26)(H,25,29)(H,27,31). The summed E-state index contributed by atoms with van der Waals surface area (Å²) in [6.45, 7) is 3.65. The molecule has 1 aliphatic heterocycles. The molecule has 1 aromatic heterocycles. The van der Waals surface area contributed by atoms with Gasteiger partial charge >= 0.3 is 6.03 Å². The average Bonchev–Trinajstić information content (AvgIpc) is 3.35. The van der Waals surface area contributed by atoms with Crippen molar-refractivity contribution >= 4 is 17.8 Å². The van der Waals surface area contributed by atoms with Gasteiger partial charge in [0.1, 0.15) is 17.9 Å². The highest BCUT2D eigenvalue weighted by molar-refractivity contribution is 6.09. The SMILES string of the molecule is CCC(NC(=O)CN1C(=O)NC2(CCCCC2C)C1=O)c1ncc(-c2ccccc2)[nH]1. The molecule has 1 spiro atoms. The minimum absolute atomic E-state index is 0.0636. The molecule has 8 heteroatoms. The third kappa shape index (κ3) is 3.94. The summed E-state index contributed by atoms with van der Waals surface area (Å²) in [5.74, 6) is 0.0451. The maximum Gasteiger partial charge on any atom is 0.325 e. The molecule has 4 rings (SSSR count). The second-order valence-corrected chi connectivity index (χ2v) is 8.52. The van der Waals surface area contributed by atoms with Crippen molar-refractivity contribution in [3.05, 3.63) is 42.4 Å². The topological polar surface area (TPSA) is 107 Å². The lowest BCUT2D eigenvalue weighted by Crippen LogP contribution is -2.54. The molecule has 3 atom stereocenters. The van der Waals surface area contributed by atoms with Crippen LogP contribution in [0, 0.1) is 5.92 Å². The summed E-state index contributed by atoms with van der Waals surface area (Å²) in [7, 11) is 0. The monoisotopic (exact) mass is 423 g/mol. The van der Waals surface area contributed by atoms with Crippen LogP contribution in [0.2, 0.25) is 0 Å². The van der Waals surface area contributed by atoms with Crippen LogP contribution < -0.4 is 10.6 Å². The molecule has 0 bridgehead atoms. The molecule has 0 radical (unpaired) electrons. The highest BCUT2D eigenvalue weighted by atomic mass is 16.2. The normalized spacial score (nSPS) is 24.3. The Morgan fingerprint density at radius 2 is 2.06 bits per heavy atom. The number of carbonyl (C=O) groups excluding carboxylic acids is 3. The van der Waals surface area contributed by atoms with E-state index in [2.05, 4.69) is 20.6 Å². The lowest BCUT2D eigenvalue weighted by atomic mass is 9.73. The van der Waals surface area contributed by atoms with Crippen molar-refractivity contribution in [1.82, 2.24) is 25.5 Å². The van der Waals surface area contributed by atoms with E-state index < -0.39 is 11.6 Å². The van der Waals surface area contributed by atoms with E-state index in [4.69, 9.17) is 0 Å². The summed E-state index contributed by atoms with van der Waals surface area (Å²) in [6, 6.07) is 9.00. The third-order valence-electron chi connectivity index (χ3n) is 6.56. The van der Waals surface area contributed by atoms with E-state index in [-0.39, 0.29) is 30.3 Å². The molecular formula is C23H29N5O3. The van der Waals surface area contributed by atoms with E-state index >= 15 is 0 Å². The molecule has 2 aromatic rings. The number of rotatable bonds is 6. The van der Waals surface area contributed by atoms with Crippen molar-refractivity contribution < 1.29 is 14.4 Å². The molecular weight excluding hydrogens is 394 g/mol. The first-order valence-corrected chi connectivity index (χ1v) is 11.0. The van der Waals surface area contributed by atoms with Gasteiger partial charge in [-0.1, -0.05) is 57.0 Å². The molecule has 2 fully saturated rings. The van der Waals surface area contributed by atoms with E-state index in [1.165, 1.54) is 0 Å². The van der Waals surface area contributed by atoms with Crippen molar-refractivity contribution in [3.63, 3.8) is 0 Å². The number of carbonyl (C=O) groups is 3. The molecule has 31 heavy (non-hydrogen) atoms. The summed E-state index contributed by atoms with van der Waals surface area (Å²) in [5.41, 5.74) is 1.02. The Kier molecular flexibility index (Phi) is 5.80.